The first-order valence-electron chi connectivity index (χ1n) is 14.5. The zero-order chi connectivity index (χ0) is 29.1. The first-order valence-corrected chi connectivity index (χ1v) is 14.5. The topological polar surface area (TPSA) is 76.3 Å². The molecule has 8 heteroatoms. The van der Waals surface area contributed by atoms with Crippen molar-refractivity contribution in [3.05, 3.63) is 119 Å². The average molecular weight is 567 g/mol. The summed E-state index contributed by atoms with van der Waals surface area (Å²) in [5.74, 6) is 4.04. The number of amidine groups is 2. The summed E-state index contributed by atoms with van der Waals surface area (Å²) in [7, 11) is 0. The van der Waals surface area contributed by atoms with Crippen LogP contribution < -0.4 is 19.7 Å². The number of nitrogens with zero attached hydrogens (tertiary/aromatic N) is 5. The molecule has 0 spiro atoms. The predicted molar refractivity (Wildman–Crippen MR) is 170 cm³/mol. The summed E-state index contributed by atoms with van der Waals surface area (Å²) in [5.41, 5.74) is 8.12. The van der Waals surface area contributed by atoms with Crippen molar-refractivity contribution in [2.45, 2.75) is 32.7 Å². The fourth-order valence-corrected chi connectivity index (χ4v) is 6.04. The van der Waals surface area contributed by atoms with Crippen LogP contribution in [0.3, 0.4) is 0 Å². The molecule has 3 aliphatic heterocycles. The van der Waals surface area contributed by atoms with Crippen LogP contribution in [-0.2, 0) is 0 Å². The van der Waals surface area contributed by atoms with Gasteiger partial charge in [-0.3, -0.25) is 0 Å². The van der Waals surface area contributed by atoms with Gasteiger partial charge in [-0.15, -0.1) is 0 Å². The first-order chi connectivity index (χ1) is 21.0. The number of aromatic nitrogens is 2. The molecule has 5 aromatic rings. The molecule has 4 heterocycles. The minimum absolute atomic E-state index is 0.175. The maximum absolute atomic E-state index is 5.65. The van der Waals surface area contributed by atoms with E-state index in [-0.39, 0.29) is 12.8 Å². The number of hydrogen-bond donors (Lipinski definition) is 1. The molecule has 4 aromatic carbocycles. The Bertz CT molecular complexity index is 1920. The molecule has 1 atom stereocenters. The van der Waals surface area contributed by atoms with Crippen molar-refractivity contribution in [3.8, 4) is 17.2 Å². The van der Waals surface area contributed by atoms with E-state index in [0.717, 1.165) is 57.0 Å². The molecule has 0 saturated carbocycles. The van der Waals surface area contributed by atoms with Gasteiger partial charge in [0.1, 0.15) is 0 Å². The first kappa shape index (κ1) is 25.3. The summed E-state index contributed by atoms with van der Waals surface area (Å²) in [5, 5.41) is 8.59. The molecule has 0 radical (unpaired) electrons. The Balaban J connectivity index is 1.35. The Labute approximate surface area is 249 Å². The zero-order valence-electron chi connectivity index (χ0n) is 24.2. The molecule has 0 bridgehead atoms. The lowest BCUT2D eigenvalue weighted by atomic mass is 9.91. The lowest BCUT2D eigenvalue weighted by molar-refractivity contribution is 0.174. The van der Waals surface area contributed by atoms with Gasteiger partial charge in [0.2, 0.25) is 6.79 Å². The number of benzene rings is 4. The SMILES string of the molecule is Cc1nn(-c2ccccc2)c2c1C(c1ccc(C(C)C)cc1)N1C(=N2)C(Nc2ccc3c(c2)OCO3)=Nc2ccccc21. The van der Waals surface area contributed by atoms with Gasteiger partial charge in [-0.1, -0.05) is 68.4 Å². The van der Waals surface area contributed by atoms with Crippen LogP contribution in [0, 0.1) is 6.92 Å². The summed E-state index contributed by atoms with van der Waals surface area (Å²) < 4.78 is 13.1. The number of para-hydroxylation sites is 3. The number of anilines is 2. The largest absolute Gasteiger partial charge is 0.454 e. The molecule has 0 aliphatic carbocycles. The summed E-state index contributed by atoms with van der Waals surface area (Å²) in [6.07, 6.45) is 0. The van der Waals surface area contributed by atoms with Crippen molar-refractivity contribution in [1.82, 2.24) is 9.78 Å². The molecular formula is C35H30N6O2. The molecule has 8 nitrogen and oxygen atoms in total. The minimum Gasteiger partial charge on any atom is -0.454 e. The maximum atomic E-state index is 5.65. The van der Waals surface area contributed by atoms with Gasteiger partial charge in [-0.25, -0.2) is 14.7 Å². The van der Waals surface area contributed by atoms with E-state index in [2.05, 4.69) is 79.5 Å². The highest BCUT2D eigenvalue weighted by molar-refractivity contribution is 6.51. The highest BCUT2D eigenvalue weighted by Crippen LogP contribution is 2.48. The maximum Gasteiger partial charge on any atom is 0.231 e. The summed E-state index contributed by atoms with van der Waals surface area (Å²) in [6, 6.07) is 33.0. The average Bonchev–Trinajstić information content (AvgIpc) is 3.64. The van der Waals surface area contributed by atoms with E-state index in [9.17, 15) is 0 Å². The van der Waals surface area contributed by atoms with Gasteiger partial charge in [0.25, 0.3) is 0 Å². The van der Waals surface area contributed by atoms with Crippen LogP contribution in [0.4, 0.5) is 22.9 Å². The Kier molecular flexibility index (Phi) is 5.82. The van der Waals surface area contributed by atoms with Crippen LogP contribution in [0.2, 0.25) is 0 Å². The van der Waals surface area contributed by atoms with Crippen molar-refractivity contribution in [2.75, 3.05) is 17.0 Å². The Morgan fingerprint density at radius 3 is 2.42 bits per heavy atom. The molecule has 1 N–H and O–H groups in total. The van der Waals surface area contributed by atoms with E-state index in [1.54, 1.807) is 0 Å². The van der Waals surface area contributed by atoms with Gasteiger partial charge >= 0.3 is 0 Å². The van der Waals surface area contributed by atoms with Crippen LogP contribution in [0.5, 0.6) is 11.5 Å². The fraction of sp³-hybridized carbons (Fsp3) is 0.171. The molecule has 8 rings (SSSR count). The van der Waals surface area contributed by atoms with Crippen molar-refractivity contribution in [2.24, 2.45) is 9.98 Å². The van der Waals surface area contributed by atoms with E-state index in [0.29, 0.717) is 17.5 Å². The van der Waals surface area contributed by atoms with Crippen molar-refractivity contribution in [1.29, 1.82) is 0 Å². The van der Waals surface area contributed by atoms with Crippen LogP contribution in [0.25, 0.3) is 5.69 Å². The number of aryl methyl sites for hydroxylation is 1. The highest BCUT2D eigenvalue weighted by atomic mass is 16.7. The molecule has 3 aliphatic rings. The number of nitrogens with one attached hydrogen (secondary N) is 1. The molecule has 0 saturated heterocycles. The van der Waals surface area contributed by atoms with Crippen LogP contribution in [0.15, 0.2) is 107 Å². The van der Waals surface area contributed by atoms with Crippen molar-refractivity contribution >= 4 is 34.6 Å². The summed E-state index contributed by atoms with van der Waals surface area (Å²) in [4.78, 5) is 12.7. The fourth-order valence-electron chi connectivity index (χ4n) is 6.04. The summed E-state index contributed by atoms with van der Waals surface area (Å²) in [6.45, 7) is 6.73. The second kappa shape index (κ2) is 9.87. The number of aliphatic imine (C=N–C) groups is 2. The second-order valence-corrected chi connectivity index (χ2v) is 11.2. The molecule has 0 fully saturated rings. The van der Waals surface area contributed by atoms with Crippen LogP contribution >= 0.6 is 0 Å². The van der Waals surface area contributed by atoms with Gasteiger partial charge in [0.05, 0.1) is 28.8 Å². The quantitative estimate of drug-likeness (QED) is 0.240. The van der Waals surface area contributed by atoms with E-state index >= 15 is 0 Å². The monoisotopic (exact) mass is 566 g/mol. The number of fused-ring (bicyclic) bond motifs is 5. The van der Waals surface area contributed by atoms with E-state index < -0.39 is 0 Å². The second-order valence-electron chi connectivity index (χ2n) is 11.2. The van der Waals surface area contributed by atoms with Gasteiger partial charge < -0.3 is 19.7 Å². The third-order valence-corrected chi connectivity index (χ3v) is 8.19. The molecule has 212 valence electrons. The van der Waals surface area contributed by atoms with Crippen LogP contribution in [-0.4, -0.2) is 28.2 Å². The molecule has 0 amide bonds. The number of rotatable bonds is 4. The lowest BCUT2D eigenvalue weighted by Crippen LogP contribution is -2.46. The molecular weight excluding hydrogens is 536 g/mol. The van der Waals surface area contributed by atoms with Crippen molar-refractivity contribution in [3.63, 3.8) is 0 Å². The van der Waals surface area contributed by atoms with E-state index in [4.69, 9.17) is 24.6 Å². The third kappa shape index (κ3) is 4.17. The Morgan fingerprint density at radius 2 is 1.60 bits per heavy atom. The number of hydrogen-bond acceptors (Lipinski definition) is 7. The van der Waals surface area contributed by atoms with E-state index in [1.807, 2.05) is 53.2 Å². The normalized spacial score (nSPS) is 16.3. The zero-order valence-corrected chi connectivity index (χ0v) is 24.2. The Hall–Kier alpha value is -5.37. The Morgan fingerprint density at radius 1 is 0.837 bits per heavy atom. The lowest BCUT2D eigenvalue weighted by Gasteiger charge is -2.40. The van der Waals surface area contributed by atoms with E-state index in [1.165, 1.54) is 5.56 Å². The van der Waals surface area contributed by atoms with Gasteiger partial charge in [0, 0.05) is 17.3 Å². The predicted octanol–water partition coefficient (Wildman–Crippen LogP) is 7.83. The van der Waals surface area contributed by atoms with Gasteiger partial charge in [0.15, 0.2) is 29.0 Å². The standard InChI is InChI=1S/C35H30N6O2/c1-21(2)23-13-15-24(16-14-23)32-31-22(3)39-41(26-9-5-4-6-10-26)34(31)38-35-33(37-27-11-7-8-12-28(27)40(32)35)36-25-17-18-29-30(19-25)43-20-42-29/h4-19,21,32H,20H2,1-3H3,(H,36,37). The third-order valence-electron chi connectivity index (χ3n) is 8.19. The molecule has 1 aromatic heterocycles. The minimum atomic E-state index is -0.175. The van der Waals surface area contributed by atoms with Crippen molar-refractivity contribution < 1.29 is 9.47 Å². The molecule has 43 heavy (non-hydrogen) atoms. The number of ether oxygens (including phenoxy) is 2. The van der Waals surface area contributed by atoms with Gasteiger partial charge in [-0.2, -0.15) is 5.10 Å². The van der Waals surface area contributed by atoms with Crippen LogP contribution in [0.1, 0.15) is 48.2 Å². The molecule has 1 unspecified atom stereocenters. The van der Waals surface area contributed by atoms with Gasteiger partial charge in [-0.05, 0) is 60.4 Å². The summed E-state index contributed by atoms with van der Waals surface area (Å²) >= 11 is 0. The highest BCUT2D eigenvalue weighted by Gasteiger charge is 2.41. The smallest absolute Gasteiger partial charge is 0.231 e.